The molecule has 4 heteroatoms. The van der Waals surface area contributed by atoms with Gasteiger partial charge in [0, 0.05) is 18.0 Å². The summed E-state index contributed by atoms with van der Waals surface area (Å²) >= 11 is 4.88. The highest BCUT2D eigenvalue weighted by Gasteiger charge is 2.24. The van der Waals surface area contributed by atoms with Gasteiger partial charge >= 0.3 is 0 Å². The van der Waals surface area contributed by atoms with Gasteiger partial charge in [-0.15, -0.1) is 0 Å². The van der Waals surface area contributed by atoms with E-state index in [1.807, 2.05) is 27.8 Å². The number of aliphatic hydroxyl groups excluding tert-OH is 1. The Bertz CT molecular complexity index is 182. The average molecular weight is 204 g/mol. The molecule has 1 unspecified atom stereocenters. The Hall–Kier alpha value is -0.190. The number of nitrogens with zero attached hydrogens (tertiary/aromatic N) is 1. The fourth-order valence-corrected chi connectivity index (χ4v) is 0.943. The molecule has 1 atom stereocenters. The van der Waals surface area contributed by atoms with Crippen molar-refractivity contribution in [3.8, 4) is 0 Å². The van der Waals surface area contributed by atoms with Crippen LogP contribution < -0.4 is 5.73 Å². The van der Waals surface area contributed by atoms with Gasteiger partial charge in [-0.25, -0.2) is 0 Å². The number of thiocarbonyl (C=S) groups is 1. The van der Waals surface area contributed by atoms with Gasteiger partial charge in [-0.2, -0.15) is 0 Å². The maximum atomic E-state index is 9.11. The van der Waals surface area contributed by atoms with Crippen molar-refractivity contribution in [3.63, 3.8) is 0 Å². The highest BCUT2D eigenvalue weighted by atomic mass is 32.1. The fourth-order valence-electron chi connectivity index (χ4n) is 0.869. The quantitative estimate of drug-likeness (QED) is 0.644. The Morgan fingerprint density at radius 1 is 1.62 bits per heavy atom. The van der Waals surface area contributed by atoms with Crippen molar-refractivity contribution >= 4 is 17.2 Å². The van der Waals surface area contributed by atoms with Gasteiger partial charge in [0.2, 0.25) is 0 Å². The van der Waals surface area contributed by atoms with Crippen LogP contribution in [0.3, 0.4) is 0 Å². The Labute approximate surface area is 85.9 Å². The Balaban J connectivity index is 4.14. The van der Waals surface area contributed by atoms with Gasteiger partial charge in [-0.3, -0.25) is 4.90 Å². The molecule has 0 aromatic carbocycles. The number of rotatable bonds is 5. The molecular weight excluding hydrogens is 184 g/mol. The summed E-state index contributed by atoms with van der Waals surface area (Å²) in [7, 11) is 1.96. The summed E-state index contributed by atoms with van der Waals surface area (Å²) in [6.45, 7) is 6.88. The zero-order valence-corrected chi connectivity index (χ0v) is 9.69. The molecule has 0 radical (unpaired) electrons. The fraction of sp³-hybridized carbons (Fsp3) is 0.889. The second-order valence-corrected chi connectivity index (χ2v) is 4.63. The van der Waals surface area contributed by atoms with Crippen molar-refractivity contribution in [1.29, 1.82) is 0 Å². The molecular formula is C9H20N2OS. The van der Waals surface area contributed by atoms with Gasteiger partial charge in [0.25, 0.3) is 0 Å². The predicted molar refractivity (Wildman–Crippen MR) is 59.7 cm³/mol. The normalized spacial score (nSPS) is 14.6. The summed E-state index contributed by atoms with van der Waals surface area (Å²) in [5.41, 5.74) is 5.30. The highest BCUT2D eigenvalue weighted by molar-refractivity contribution is 7.80. The maximum absolute atomic E-state index is 9.11. The summed E-state index contributed by atoms with van der Waals surface area (Å²) in [6, 6.07) is 0. The summed E-state index contributed by atoms with van der Waals surface area (Å²) in [4.78, 5) is 2.59. The summed E-state index contributed by atoms with van der Waals surface area (Å²) in [5, 5.41) is 9.11. The molecule has 3 nitrogen and oxygen atoms in total. The third kappa shape index (κ3) is 4.02. The van der Waals surface area contributed by atoms with Crippen LogP contribution in [0.2, 0.25) is 0 Å². The van der Waals surface area contributed by atoms with Crippen LogP contribution in [0.25, 0.3) is 0 Å². The zero-order valence-electron chi connectivity index (χ0n) is 8.87. The molecule has 0 aromatic rings. The van der Waals surface area contributed by atoms with Crippen molar-refractivity contribution in [2.24, 2.45) is 11.7 Å². The van der Waals surface area contributed by atoms with Crippen LogP contribution in [0, 0.1) is 5.92 Å². The van der Waals surface area contributed by atoms with E-state index in [0.29, 0.717) is 4.99 Å². The minimum Gasteiger partial charge on any atom is -0.394 e. The molecule has 0 fully saturated rings. The second kappa shape index (κ2) is 4.88. The van der Waals surface area contributed by atoms with Gasteiger partial charge < -0.3 is 10.8 Å². The Kier molecular flexibility index (Phi) is 4.81. The topological polar surface area (TPSA) is 49.5 Å². The molecule has 0 amide bonds. The van der Waals surface area contributed by atoms with Crippen LogP contribution in [0.4, 0.5) is 0 Å². The highest BCUT2D eigenvalue weighted by Crippen LogP contribution is 2.13. The van der Waals surface area contributed by atoms with Crippen molar-refractivity contribution in [3.05, 3.63) is 0 Å². The van der Waals surface area contributed by atoms with Gasteiger partial charge in [0.1, 0.15) is 0 Å². The van der Waals surface area contributed by atoms with Crippen LogP contribution in [-0.4, -0.2) is 40.7 Å². The van der Waals surface area contributed by atoms with Gasteiger partial charge in [-0.05, 0) is 20.9 Å². The summed E-state index contributed by atoms with van der Waals surface area (Å²) in [5.74, 6) is 0.186. The molecule has 0 aliphatic rings. The Morgan fingerprint density at radius 3 is 2.38 bits per heavy atom. The SMILES string of the molecule is CC(CN(C)C(C)(C)CO)C(N)=S. The molecule has 0 saturated carbocycles. The standard InChI is InChI=1S/C9H20N2OS/c1-7(8(10)13)5-11(4)9(2,3)6-12/h7,12H,5-6H2,1-4H3,(H2,10,13). The first-order chi connectivity index (χ1) is 5.81. The molecule has 0 aliphatic heterocycles. The molecule has 0 aliphatic carbocycles. The van der Waals surface area contributed by atoms with E-state index >= 15 is 0 Å². The molecule has 0 aromatic heterocycles. The van der Waals surface area contributed by atoms with E-state index in [1.54, 1.807) is 0 Å². The van der Waals surface area contributed by atoms with E-state index in [1.165, 1.54) is 0 Å². The maximum Gasteiger partial charge on any atom is 0.0768 e. The lowest BCUT2D eigenvalue weighted by Gasteiger charge is -2.35. The molecule has 0 rings (SSSR count). The molecule has 0 bridgehead atoms. The minimum absolute atomic E-state index is 0.132. The monoisotopic (exact) mass is 204 g/mol. The van der Waals surface area contributed by atoms with Gasteiger partial charge in [0.05, 0.1) is 11.6 Å². The molecule has 3 N–H and O–H groups in total. The third-order valence-corrected chi connectivity index (χ3v) is 2.86. The van der Waals surface area contributed by atoms with Crippen LogP contribution in [0.5, 0.6) is 0 Å². The molecule has 0 heterocycles. The lowest BCUT2D eigenvalue weighted by atomic mass is 10.0. The first-order valence-corrected chi connectivity index (χ1v) is 4.83. The van der Waals surface area contributed by atoms with Gasteiger partial charge in [0.15, 0.2) is 0 Å². The van der Waals surface area contributed by atoms with Crippen molar-refractivity contribution in [2.45, 2.75) is 26.3 Å². The number of hydrogen-bond donors (Lipinski definition) is 2. The van der Waals surface area contributed by atoms with Crippen LogP contribution >= 0.6 is 12.2 Å². The lowest BCUT2D eigenvalue weighted by Crippen LogP contribution is -2.47. The summed E-state index contributed by atoms with van der Waals surface area (Å²) in [6.07, 6.45) is 0. The van der Waals surface area contributed by atoms with E-state index in [4.69, 9.17) is 23.1 Å². The first kappa shape index (κ1) is 12.8. The van der Waals surface area contributed by atoms with Crippen molar-refractivity contribution < 1.29 is 5.11 Å². The van der Waals surface area contributed by atoms with Crippen molar-refractivity contribution in [2.75, 3.05) is 20.2 Å². The number of likely N-dealkylation sites (N-methyl/N-ethyl adjacent to an activating group) is 1. The van der Waals surface area contributed by atoms with Crippen molar-refractivity contribution in [1.82, 2.24) is 4.90 Å². The van der Waals surface area contributed by atoms with E-state index in [0.717, 1.165) is 6.54 Å². The largest absolute Gasteiger partial charge is 0.394 e. The van der Waals surface area contributed by atoms with E-state index in [2.05, 4.69) is 4.90 Å². The van der Waals surface area contributed by atoms with Crippen LogP contribution in [0.1, 0.15) is 20.8 Å². The predicted octanol–water partition coefficient (Wildman–Crippen LogP) is 0.611. The lowest BCUT2D eigenvalue weighted by molar-refractivity contribution is 0.0745. The summed E-state index contributed by atoms with van der Waals surface area (Å²) < 4.78 is 0. The minimum atomic E-state index is -0.209. The molecule has 0 saturated heterocycles. The smallest absolute Gasteiger partial charge is 0.0768 e. The van der Waals surface area contributed by atoms with Crippen LogP contribution in [0.15, 0.2) is 0 Å². The Morgan fingerprint density at radius 2 is 2.08 bits per heavy atom. The number of nitrogens with two attached hydrogens (primary N) is 1. The van der Waals surface area contributed by atoms with E-state index in [-0.39, 0.29) is 18.1 Å². The number of hydrogen-bond acceptors (Lipinski definition) is 3. The van der Waals surface area contributed by atoms with E-state index in [9.17, 15) is 0 Å². The van der Waals surface area contributed by atoms with Crippen LogP contribution in [-0.2, 0) is 0 Å². The molecule has 0 spiro atoms. The van der Waals surface area contributed by atoms with Gasteiger partial charge in [-0.1, -0.05) is 19.1 Å². The zero-order chi connectivity index (χ0) is 10.6. The molecule has 78 valence electrons. The van der Waals surface area contributed by atoms with E-state index < -0.39 is 0 Å². The second-order valence-electron chi connectivity index (χ2n) is 4.15. The first-order valence-electron chi connectivity index (χ1n) is 4.42. The third-order valence-electron chi connectivity index (χ3n) is 2.45. The average Bonchev–Trinajstić information content (AvgIpc) is 2.04. The number of aliphatic hydroxyl groups is 1. The molecule has 13 heavy (non-hydrogen) atoms.